The summed E-state index contributed by atoms with van der Waals surface area (Å²) < 4.78 is 10.6. The minimum Gasteiger partial charge on any atom is -0.493 e. The molecular formula is C16H15ClN2O2. The SMILES string of the molecule is COc1cc2nc(-c3ccc(CCl)cc3)[nH]c2cc1OC. The van der Waals surface area contributed by atoms with E-state index >= 15 is 0 Å². The molecule has 3 aromatic rings. The van der Waals surface area contributed by atoms with Crippen LogP contribution in [0.25, 0.3) is 22.4 Å². The number of halogens is 1. The maximum absolute atomic E-state index is 5.81. The van der Waals surface area contributed by atoms with Gasteiger partial charge < -0.3 is 14.5 Å². The Balaban J connectivity index is 2.07. The van der Waals surface area contributed by atoms with Gasteiger partial charge in [0.15, 0.2) is 11.5 Å². The molecule has 4 nitrogen and oxygen atoms in total. The summed E-state index contributed by atoms with van der Waals surface area (Å²) in [5.74, 6) is 2.66. The van der Waals surface area contributed by atoms with Crippen molar-refractivity contribution in [3.63, 3.8) is 0 Å². The van der Waals surface area contributed by atoms with Gasteiger partial charge >= 0.3 is 0 Å². The van der Waals surface area contributed by atoms with Crippen molar-refractivity contribution in [2.45, 2.75) is 5.88 Å². The Morgan fingerprint density at radius 3 is 2.33 bits per heavy atom. The maximum atomic E-state index is 5.81. The first-order valence-corrected chi connectivity index (χ1v) is 7.05. The molecule has 0 saturated heterocycles. The summed E-state index contributed by atoms with van der Waals surface area (Å²) in [5.41, 5.74) is 3.84. The van der Waals surface area contributed by atoms with E-state index in [1.54, 1.807) is 14.2 Å². The van der Waals surface area contributed by atoms with Crippen molar-refractivity contribution < 1.29 is 9.47 Å². The molecule has 1 heterocycles. The van der Waals surface area contributed by atoms with Crippen LogP contribution in [0.4, 0.5) is 0 Å². The van der Waals surface area contributed by atoms with Crippen molar-refractivity contribution >= 4 is 22.6 Å². The fourth-order valence-corrected chi connectivity index (χ4v) is 2.40. The highest BCUT2D eigenvalue weighted by atomic mass is 35.5. The first-order valence-electron chi connectivity index (χ1n) is 6.52. The smallest absolute Gasteiger partial charge is 0.163 e. The van der Waals surface area contributed by atoms with E-state index in [-0.39, 0.29) is 0 Å². The van der Waals surface area contributed by atoms with E-state index in [0.29, 0.717) is 17.4 Å². The van der Waals surface area contributed by atoms with Gasteiger partial charge in [0.2, 0.25) is 0 Å². The van der Waals surface area contributed by atoms with Gasteiger partial charge in [0.1, 0.15) is 5.82 Å². The minimum atomic E-state index is 0.509. The molecule has 0 amide bonds. The van der Waals surface area contributed by atoms with Gasteiger partial charge in [0.05, 0.1) is 25.3 Å². The van der Waals surface area contributed by atoms with Gasteiger partial charge in [-0.2, -0.15) is 0 Å². The standard InChI is InChI=1S/C16H15ClN2O2/c1-20-14-7-12-13(8-15(14)21-2)19-16(18-12)11-5-3-10(9-17)4-6-11/h3-8H,9H2,1-2H3,(H,18,19). The van der Waals surface area contributed by atoms with Crippen LogP contribution in [0, 0.1) is 0 Å². The number of H-pyrrole nitrogens is 1. The molecule has 0 spiro atoms. The van der Waals surface area contributed by atoms with Crippen LogP contribution in [0.5, 0.6) is 11.5 Å². The first kappa shape index (κ1) is 13.8. The molecule has 0 unspecified atom stereocenters. The molecule has 1 N–H and O–H groups in total. The Morgan fingerprint density at radius 2 is 1.71 bits per heavy atom. The van der Waals surface area contributed by atoms with Crippen LogP contribution in [-0.4, -0.2) is 24.2 Å². The molecule has 3 rings (SSSR count). The summed E-state index contributed by atoms with van der Waals surface area (Å²) in [5, 5.41) is 0. The van der Waals surface area contributed by atoms with Crippen LogP contribution in [-0.2, 0) is 5.88 Å². The second-order valence-corrected chi connectivity index (χ2v) is 4.91. The predicted octanol–water partition coefficient (Wildman–Crippen LogP) is 3.99. The topological polar surface area (TPSA) is 47.1 Å². The Hall–Kier alpha value is -2.20. The van der Waals surface area contributed by atoms with Gasteiger partial charge in [-0.05, 0) is 5.56 Å². The number of benzene rings is 2. The van der Waals surface area contributed by atoms with Gasteiger partial charge in [0.25, 0.3) is 0 Å². The van der Waals surface area contributed by atoms with Crippen molar-refractivity contribution in [2.75, 3.05) is 14.2 Å². The summed E-state index contributed by atoms with van der Waals surface area (Å²) in [6.07, 6.45) is 0. The number of fused-ring (bicyclic) bond motifs is 1. The molecule has 0 atom stereocenters. The number of aromatic nitrogens is 2. The normalized spacial score (nSPS) is 10.8. The quantitative estimate of drug-likeness (QED) is 0.741. The Kier molecular flexibility index (Phi) is 3.71. The lowest BCUT2D eigenvalue weighted by atomic mass is 10.1. The zero-order valence-corrected chi connectivity index (χ0v) is 12.6. The van der Waals surface area contributed by atoms with E-state index in [1.807, 2.05) is 36.4 Å². The highest BCUT2D eigenvalue weighted by Gasteiger charge is 2.11. The summed E-state index contributed by atoms with van der Waals surface area (Å²) in [7, 11) is 3.23. The fraction of sp³-hybridized carbons (Fsp3) is 0.188. The molecule has 21 heavy (non-hydrogen) atoms. The third kappa shape index (κ3) is 2.54. The van der Waals surface area contributed by atoms with Crippen molar-refractivity contribution in [2.24, 2.45) is 0 Å². The molecule has 0 aliphatic heterocycles. The predicted molar refractivity (Wildman–Crippen MR) is 84.2 cm³/mol. The van der Waals surface area contributed by atoms with Crippen LogP contribution in [0.1, 0.15) is 5.56 Å². The number of aromatic amines is 1. The molecule has 108 valence electrons. The third-order valence-electron chi connectivity index (χ3n) is 3.37. The number of hydrogen-bond acceptors (Lipinski definition) is 3. The van der Waals surface area contributed by atoms with E-state index in [0.717, 1.165) is 28.0 Å². The number of methoxy groups -OCH3 is 2. The zero-order chi connectivity index (χ0) is 14.8. The monoisotopic (exact) mass is 302 g/mol. The second kappa shape index (κ2) is 5.66. The lowest BCUT2D eigenvalue weighted by Gasteiger charge is -2.06. The van der Waals surface area contributed by atoms with E-state index in [2.05, 4.69) is 9.97 Å². The molecule has 0 bridgehead atoms. The first-order chi connectivity index (χ1) is 10.2. The molecule has 0 aliphatic rings. The lowest BCUT2D eigenvalue weighted by molar-refractivity contribution is 0.356. The Morgan fingerprint density at radius 1 is 1.05 bits per heavy atom. The Labute approximate surface area is 127 Å². The number of imidazole rings is 1. The molecule has 0 radical (unpaired) electrons. The van der Waals surface area contributed by atoms with Gasteiger partial charge in [-0.3, -0.25) is 0 Å². The van der Waals surface area contributed by atoms with Crippen LogP contribution in [0.3, 0.4) is 0 Å². The van der Waals surface area contributed by atoms with E-state index < -0.39 is 0 Å². The van der Waals surface area contributed by atoms with E-state index in [4.69, 9.17) is 21.1 Å². The van der Waals surface area contributed by atoms with Gasteiger partial charge in [-0.15, -0.1) is 11.6 Å². The average molecular weight is 303 g/mol. The molecule has 0 saturated carbocycles. The molecule has 2 aromatic carbocycles. The molecule has 1 aromatic heterocycles. The Bertz CT molecular complexity index is 725. The van der Waals surface area contributed by atoms with Gasteiger partial charge in [-0.25, -0.2) is 4.98 Å². The van der Waals surface area contributed by atoms with Crippen molar-refractivity contribution in [1.29, 1.82) is 0 Å². The number of ether oxygens (including phenoxy) is 2. The maximum Gasteiger partial charge on any atom is 0.163 e. The third-order valence-corrected chi connectivity index (χ3v) is 3.68. The number of alkyl halides is 1. The number of nitrogens with one attached hydrogen (secondary N) is 1. The molecule has 0 fully saturated rings. The lowest BCUT2D eigenvalue weighted by Crippen LogP contribution is -1.89. The summed E-state index contributed by atoms with van der Waals surface area (Å²) in [6, 6.07) is 11.8. The summed E-state index contributed by atoms with van der Waals surface area (Å²) in [6.45, 7) is 0. The highest BCUT2D eigenvalue weighted by Crippen LogP contribution is 2.32. The highest BCUT2D eigenvalue weighted by molar-refractivity contribution is 6.17. The van der Waals surface area contributed by atoms with Crippen LogP contribution in [0.2, 0.25) is 0 Å². The fourth-order valence-electron chi connectivity index (χ4n) is 2.23. The zero-order valence-electron chi connectivity index (χ0n) is 11.8. The summed E-state index contributed by atoms with van der Waals surface area (Å²) in [4.78, 5) is 7.89. The number of hydrogen-bond donors (Lipinski definition) is 1. The van der Waals surface area contributed by atoms with Gasteiger partial charge in [0, 0.05) is 23.6 Å². The van der Waals surface area contributed by atoms with Crippen LogP contribution >= 0.6 is 11.6 Å². The number of nitrogens with zero attached hydrogens (tertiary/aromatic N) is 1. The average Bonchev–Trinajstić information content (AvgIpc) is 2.96. The van der Waals surface area contributed by atoms with Crippen LogP contribution in [0.15, 0.2) is 36.4 Å². The number of rotatable bonds is 4. The van der Waals surface area contributed by atoms with Crippen molar-refractivity contribution in [3.8, 4) is 22.9 Å². The van der Waals surface area contributed by atoms with Gasteiger partial charge in [-0.1, -0.05) is 24.3 Å². The van der Waals surface area contributed by atoms with Crippen molar-refractivity contribution in [3.05, 3.63) is 42.0 Å². The molecular weight excluding hydrogens is 288 g/mol. The molecule has 0 aliphatic carbocycles. The largest absolute Gasteiger partial charge is 0.493 e. The minimum absolute atomic E-state index is 0.509. The second-order valence-electron chi connectivity index (χ2n) is 4.64. The van der Waals surface area contributed by atoms with Crippen molar-refractivity contribution in [1.82, 2.24) is 9.97 Å². The van der Waals surface area contributed by atoms with Crippen LogP contribution < -0.4 is 9.47 Å². The molecule has 5 heteroatoms. The van der Waals surface area contributed by atoms with E-state index in [9.17, 15) is 0 Å². The summed E-state index contributed by atoms with van der Waals surface area (Å²) >= 11 is 5.81. The van der Waals surface area contributed by atoms with E-state index in [1.165, 1.54) is 0 Å².